The first-order valence-electron chi connectivity index (χ1n) is 10.5. The topological polar surface area (TPSA) is 20.3 Å². The first-order chi connectivity index (χ1) is 11.6. The van der Waals surface area contributed by atoms with Crippen molar-refractivity contribution in [3.63, 3.8) is 0 Å². The molecule has 0 aromatic heterocycles. The number of carbonyl (C=O) groups is 1. The fourth-order valence-electron chi connectivity index (χ4n) is 3.11. The van der Waals surface area contributed by atoms with E-state index in [1.165, 1.54) is 89.5 Å². The number of unbranched alkanes of at least 4 members (excludes halogenated alkanes) is 12. The van der Waals surface area contributed by atoms with E-state index in [9.17, 15) is 4.79 Å². The fourth-order valence-corrected chi connectivity index (χ4v) is 3.11. The molecule has 0 rings (SSSR count). The minimum Gasteiger partial charge on any atom is -0.342 e. The Bertz CT molecular complexity index is 298. The molecule has 0 heterocycles. The van der Waals surface area contributed by atoms with Crippen molar-refractivity contribution in [3.05, 3.63) is 12.7 Å². The summed E-state index contributed by atoms with van der Waals surface area (Å²) in [5.41, 5.74) is 0. The van der Waals surface area contributed by atoms with Crippen LogP contribution in [0.2, 0.25) is 0 Å². The summed E-state index contributed by atoms with van der Waals surface area (Å²) < 4.78 is 0. The molecular formula is C22H43NO. The molecule has 0 aromatic carbocycles. The maximum Gasteiger partial charge on any atom is 0.245 e. The van der Waals surface area contributed by atoms with E-state index >= 15 is 0 Å². The fraction of sp³-hybridized carbons (Fsp3) is 0.864. The smallest absolute Gasteiger partial charge is 0.245 e. The second-order valence-corrected chi connectivity index (χ2v) is 7.74. The summed E-state index contributed by atoms with van der Waals surface area (Å²) in [6.07, 6.45) is 20.6. The molecule has 0 aliphatic heterocycles. The molecule has 0 aromatic rings. The van der Waals surface area contributed by atoms with Gasteiger partial charge in [-0.2, -0.15) is 0 Å². The Hall–Kier alpha value is -0.790. The van der Waals surface area contributed by atoms with E-state index in [1.807, 2.05) is 7.05 Å². The molecule has 1 amide bonds. The van der Waals surface area contributed by atoms with Crippen LogP contribution in [0, 0.1) is 5.92 Å². The molecule has 0 fully saturated rings. The molecule has 0 N–H and O–H groups in total. The van der Waals surface area contributed by atoms with Gasteiger partial charge in [-0.3, -0.25) is 4.79 Å². The van der Waals surface area contributed by atoms with E-state index in [1.54, 1.807) is 4.90 Å². The summed E-state index contributed by atoms with van der Waals surface area (Å²) in [6, 6.07) is 0. The molecular weight excluding hydrogens is 294 g/mol. The Kier molecular flexibility index (Phi) is 16.5. The van der Waals surface area contributed by atoms with Crippen LogP contribution in [0.15, 0.2) is 12.7 Å². The number of amides is 1. The highest BCUT2D eigenvalue weighted by Gasteiger charge is 2.02. The number of carbonyl (C=O) groups excluding carboxylic acids is 1. The van der Waals surface area contributed by atoms with E-state index in [-0.39, 0.29) is 5.91 Å². The highest BCUT2D eigenvalue weighted by Crippen LogP contribution is 2.14. The van der Waals surface area contributed by atoms with Gasteiger partial charge in [0.2, 0.25) is 5.91 Å². The van der Waals surface area contributed by atoms with Crippen LogP contribution in [0.1, 0.15) is 104 Å². The SMILES string of the molecule is C=CC(=O)N(C)CCCCCCCCCCCCCCCC(C)C. The van der Waals surface area contributed by atoms with Gasteiger partial charge in [0.1, 0.15) is 0 Å². The third-order valence-corrected chi connectivity index (χ3v) is 4.83. The molecule has 2 nitrogen and oxygen atoms in total. The lowest BCUT2D eigenvalue weighted by atomic mass is 10.0. The van der Waals surface area contributed by atoms with Crippen LogP contribution in [-0.2, 0) is 4.79 Å². The second-order valence-electron chi connectivity index (χ2n) is 7.74. The van der Waals surface area contributed by atoms with Crippen LogP contribution in [0.3, 0.4) is 0 Å². The van der Waals surface area contributed by atoms with Crippen molar-refractivity contribution in [2.24, 2.45) is 5.92 Å². The summed E-state index contributed by atoms with van der Waals surface area (Å²) >= 11 is 0. The average molecular weight is 338 g/mol. The Morgan fingerprint density at radius 2 is 1.17 bits per heavy atom. The zero-order valence-electron chi connectivity index (χ0n) is 16.8. The molecule has 2 heteroatoms. The Balaban J connectivity index is 3.13. The lowest BCUT2D eigenvalue weighted by Gasteiger charge is -2.14. The van der Waals surface area contributed by atoms with Crippen LogP contribution in [-0.4, -0.2) is 24.4 Å². The highest BCUT2D eigenvalue weighted by molar-refractivity contribution is 5.86. The van der Waals surface area contributed by atoms with E-state index in [0.717, 1.165) is 18.9 Å². The van der Waals surface area contributed by atoms with Crippen LogP contribution in [0.25, 0.3) is 0 Å². The van der Waals surface area contributed by atoms with Gasteiger partial charge < -0.3 is 4.90 Å². The monoisotopic (exact) mass is 337 g/mol. The quantitative estimate of drug-likeness (QED) is 0.212. The molecule has 0 unspecified atom stereocenters. The highest BCUT2D eigenvalue weighted by atomic mass is 16.2. The van der Waals surface area contributed by atoms with Crippen molar-refractivity contribution in [1.29, 1.82) is 0 Å². The maximum absolute atomic E-state index is 11.3. The third-order valence-electron chi connectivity index (χ3n) is 4.83. The van der Waals surface area contributed by atoms with Crippen LogP contribution in [0.5, 0.6) is 0 Å². The predicted octanol–water partition coefficient (Wildman–Crippen LogP) is 6.75. The number of nitrogens with zero attached hydrogens (tertiary/aromatic N) is 1. The predicted molar refractivity (Wildman–Crippen MR) is 107 cm³/mol. The third kappa shape index (κ3) is 16.1. The van der Waals surface area contributed by atoms with Crippen molar-refractivity contribution in [3.8, 4) is 0 Å². The Labute approximate surface area is 152 Å². The molecule has 0 atom stereocenters. The van der Waals surface area contributed by atoms with Crippen LogP contribution < -0.4 is 0 Å². The maximum atomic E-state index is 11.3. The van der Waals surface area contributed by atoms with Gasteiger partial charge in [0.25, 0.3) is 0 Å². The van der Waals surface area contributed by atoms with Gasteiger partial charge in [-0.05, 0) is 18.4 Å². The number of likely N-dealkylation sites (N-methyl/N-ethyl adjacent to an activating group) is 1. The minimum atomic E-state index is 0.0370. The Morgan fingerprint density at radius 3 is 1.54 bits per heavy atom. The van der Waals surface area contributed by atoms with E-state index in [0.29, 0.717) is 0 Å². The zero-order valence-corrected chi connectivity index (χ0v) is 16.8. The standard InChI is InChI=1S/C22H43NO/c1-5-22(24)23(4)20-18-16-14-12-10-8-6-7-9-11-13-15-17-19-21(2)3/h5,21H,1,6-20H2,2-4H3. The van der Waals surface area contributed by atoms with Crippen molar-refractivity contribution in [2.45, 2.75) is 104 Å². The van der Waals surface area contributed by atoms with Gasteiger partial charge in [0, 0.05) is 13.6 Å². The van der Waals surface area contributed by atoms with E-state index < -0.39 is 0 Å². The molecule has 0 bridgehead atoms. The largest absolute Gasteiger partial charge is 0.342 e. The van der Waals surface area contributed by atoms with Gasteiger partial charge in [0.05, 0.1) is 0 Å². The van der Waals surface area contributed by atoms with Crippen molar-refractivity contribution in [2.75, 3.05) is 13.6 Å². The number of hydrogen-bond acceptors (Lipinski definition) is 1. The number of hydrogen-bond donors (Lipinski definition) is 0. The molecule has 24 heavy (non-hydrogen) atoms. The van der Waals surface area contributed by atoms with E-state index in [4.69, 9.17) is 0 Å². The molecule has 0 spiro atoms. The summed E-state index contributed by atoms with van der Waals surface area (Å²) in [6.45, 7) is 9.02. The normalized spacial score (nSPS) is 11.0. The zero-order chi connectivity index (χ0) is 18.0. The van der Waals surface area contributed by atoms with Crippen molar-refractivity contribution >= 4 is 5.91 Å². The lowest BCUT2D eigenvalue weighted by molar-refractivity contribution is -0.124. The minimum absolute atomic E-state index is 0.0370. The first-order valence-corrected chi connectivity index (χ1v) is 10.5. The van der Waals surface area contributed by atoms with E-state index in [2.05, 4.69) is 20.4 Å². The lowest BCUT2D eigenvalue weighted by Crippen LogP contribution is -2.25. The molecule has 0 aliphatic rings. The number of rotatable bonds is 17. The van der Waals surface area contributed by atoms with Crippen LogP contribution >= 0.6 is 0 Å². The van der Waals surface area contributed by atoms with Gasteiger partial charge in [-0.1, -0.05) is 104 Å². The van der Waals surface area contributed by atoms with Gasteiger partial charge in [0.15, 0.2) is 0 Å². The summed E-state index contributed by atoms with van der Waals surface area (Å²) in [7, 11) is 1.86. The molecule has 0 saturated carbocycles. The second kappa shape index (κ2) is 17.0. The van der Waals surface area contributed by atoms with Gasteiger partial charge in [-0.25, -0.2) is 0 Å². The summed E-state index contributed by atoms with van der Waals surface area (Å²) in [5, 5.41) is 0. The molecule has 0 radical (unpaired) electrons. The molecule has 0 aliphatic carbocycles. The average Bonchev–Trinajstić information content (AvgIpc) is 2.57. The first kappa shape index (κ1) is 23.2. The van der Waals surface area contributed by atoms with Crippen LogP contribution in [0.4, 0.5) is 0 Å². The van der Waals surface area contributed by atoms with Gasteiger partial charge >= 0.3 is 0 Å². The van der Waals surface area contributed by atoms with Gasteiger partial charge in [-0.15, -0.1) is 0 Å². The summed E-state index contributed by atoms with van der Waals surface area (Å²) in [5.74, 6) is 0.912. The molecule has 142 valence electrons. The molecule has 0 saturated heterocycles. The Morgan fingerprint density at radius 1 is 0.792 bits per heavy atom. The van der Waals surface area contributed by atoms with Crippen molar-refractivity contribution < 1.29 is 4.79 Å². The van der Waals surface area contributed by atoms with Crippen molar-refractivity contribution in [1.82, 2.24) is 4.90 Å². The summed E-state index contributed by atoms with van der Waals surface area (Å²) in [4.78, 5) is 13.1.